The summed E-state index contributed by atoms with van der Waals surface area (Å²) in [6.45, 7) is 1.69. The van der Waals surface area contributed by atoms with Crippen molar-refractivity contribution in [2.45, 2.75) is 12.5 Å². The first kappa shape index (κ1) is 16.1. The van der Waals surface area contributed by atoms with Crippen LogP contribution < -0.4 is 0 Å². The third-order valence-corrected chi connectivity index (χ3v) is 5.18. The molecule has 0 radical (unpaired) electrons. The maximum Gasteiger partial charge on any atom is 0.169 e. The summed E-state index contributed by atoms with van der Waals surface area (Å²) in [7, 11) is 2.09. The van der Waals surface area contributed by atoms with Crippen LogP contribution in [-0.4, -0.2) is 28.7 Å². The Hall–Kier alpha value is -3.05. The molecule has 0 amide bonds. The molecular formula is C22H18FN3O. The summed E-state index contributed by atoms with van der Waals surface area (Å²) < 4.78 is 20.0. The minimum Gasteiger partial charge on any atom is -0.457 e. The van der Waals surface area contributed by atoms with E-state index in [0.29, 0.717) is 5.58 Å². The van der Waals surface area contributed by atoms with Crippen molar-refractivity contribution in [1.82, 2.24) is 15.1 Å². The molecule has 5 heteroatoms. The van der Waals surface area contributed by atoms with Crippen molar-refractivity contribution in [3.8, 4) is 11.3 Å². The highest BCUT2D eigenvalue weighted by molar-refractivity contribution is 5.78. The van der Waals surface area contributed by atoms with Crippen molar-refractivity contribution in [2.24, 2.45) is 0 Å². The molecule has 0 aliphatic carbocycles. The predicted molar refractivity (Wildman–Crippen MR) is 102 cm³/mol. The van der Waals surface area contributed by atoms with Crippen LogP contribution >= 0.6 is 0 Å². The monoisotopic (exact) mass is 359 g/mol. The number of benzene rings is 2. The fraction of sp³-hybridized carbons (Fsp3) is 0.182. The molecule has 0 saturated heterocycles. The quantitative estimate of drug-likeness (QED) is 0.524. The maximum absolute atomic E-state index is 14.1. The summed E-state index contributed by atoms with van der Waals surface area (Å²) in [5.41, 5.74) is 4.69. The Labute approximate surface area is 156 Å². The molecule has 2 aromatic carbocycles. The summed E-state index contributed by atoms with van der Waals surface area (Å²) in [6.07, 6.45) is 1.67. The number of aromatic nitrogens is 2. The van der Waals surface area contributed by atoms with Gasteiger partial charge in [-0.25, -0.2) is 4.39 Å². The Bertz CT molecular complexity index is 1120. The van der Waals surface area contributed by atoms with Crippen LogP contribution in [-0.2, 0) is 6.54 Å². The van der Waals surface area contributed by atoms with Crippen LogP contribution in [0.25, 0.3) is 22.2 Å². The van der Waals surface area contributed by atoms with Crippen LogP contribution in [0, 0.1) is 5.82 Å². The maximum atomic E-state index is 14.1. The second kappa shape index (κ2) is 6.28. The predicted octanol–water partition coefficient (Wildman–Crippen LogP) is 4.61. The summed E-state index contributed by atoms with van der Waals surface area (Å²) in [5.74, 6) is 0.553. The molecule has 1 aliphatic rings. The van der Waals surface area contributed by atoms with Gasteiger partial charge in [0.2, 0.25) is 0 Å². The Morgan fingerprint density at radius 3 is 2.85 bits per heavy atom. The van der Waals surface area contributed by atoms with Gasteiger partial charge >= 0.3 is 0 Å². The van der Waals surface area contributed by atoms with Crippen molar-refractivity contribution in [1.29, 1.82) is 0 Å². The fourth-order valence-corrected chi connectivity index (χ4v) is 3.93. The number of para-hydroxylation sites is 1. The van der Waals surface area contributed by atoms with Gasteiger partial charge in [0.1, 0.15) is 5.76 Å². The van der Waals surface area contributed by atoms with Crippen molar-refractivity contribution >= 4 is 11.0 Å². The molecule has 1 atom stereocenters. The SMILES string of the molecule is CN1Cc2cc(-c3cccnn3)ccc2C(c2cc3cccc(F)c3o2)C1. The summed E-state index contributed by atoms with van der Waals surface area (Å²) in [5, 5.41) is 8.98. The number of likely N-dealkylation sites (N-methyl/N-ethyl adjacent to an activating group) is 1. The summed E-state index contributed by atoms with van der Waals surface area (Å²) in [4.78, 5) is 2.26. The van der Waals surface area contributed by atoms with Crippen LogP contribution in [0.3, 0.4) is 0 Å². The Kier molecular flexibility index (Phi) is 3.76. The standard InChI is InChI=1S/C22H18FN3O/c1-26-12-16-10-14(20-6-3-9-24-25-20)7-8-17(16)18(13-26)21-11-15-4-2-5-19(23)22(15)27-21/h2-11,18H,12-13H2,1H3. The molecule has 0 spiro atoms. The third-order valence-electron chi connectivity index (χ3n) is 5.18. The number of furan rings is 1. The van der Waals surface area contributed by atoms with Crippen LogP contribution in [0.2, 0.25) is 0 Å². The second-order valence-corrected chi connectivity index (χ2v) is 7.08. The van der Waals surface area contributed by atoms with Crippen molar-refractivity contribution in [3.63, 3.8) is 0 Å². The highest BCUT2D eigenvalue weighted by Gasteiger charge is 2.28. The van der Waals surface area contributed by atoms with E-state index >= 15 is 0 Å². The van der Waals surface area contributed by atoms with Gasteiger partial charge in [0.15, 0.2) is 11.4 Å². The molecule has 1 unspecified atom stereocenters. The molecule has 1 aliphatic heterocycles. The molecule has 0 saturated carbocycles. The smallest absolute Gasteiger partial charge is 0.169 e. The van der Waals surface area contributed by atoms with E-state index in [1.54, 1.807) is 12.3 Å². The molecule has 0 bridgehead atoms. The molecule has 0 N–H and O–H groups in total. The van der Waals surface area contributed by atoms with Crippen molar-refractivity contribution in [3.05, 3.63) is 83.5 Å². The zero-order valence-corrected chi connectivity index (χ0v) is 14.9. The average Bonchev–Trinajstić information content (AvgIpc) is 3.13. The average molecular weight is 359 g/mol. The Morgan fingerprint density at radius 1 is 1.11 bits per heavy atom. The number of hydrogen-bond acceptors (Lipinski definition) is 4. The first-order chi connectivity index (χ1) is 13.2. The van der Waals surface area contributed by atoms with Gasteiger partial charge in [0, 0.05) is 30.2 Å². The van der Waals surface area contributed by atoms with Gasteiger partial charge < -0.3 is 9.32 Å². The molecule has 5 rings (SSSR count). The van der Waals surface area contributed by atoms with Crippen LogP contribution in [0.1, 0.15) is 22.8 Å². The zero-order chi connectivity index (χ0) is 18.4. The van der Waals surface area contributed by atoms with E-state index in [0.717, 1.165) is 35.5 Å². The number of nitrogens with zero attached hydrogens (tertiary/aromatic N) is 3. The lowest BCUT2D eigenvalue weighted by atomic mass is 9.86. The number of hydrogen-bond donors (Lipinski definition) is 0. The van der Waals surface area contributed by atoms with Crippen LogP contribution in [0.5, 0.6) is 0 Å². The molecule has 2 aromatic heterocycles. The lowest BCUT2D eigenvalue weighted by Gasteiger charge is -2.31. The number of halogens is 1. The van der Waals surface area contributed by atoms with E-state index < -0.39 is 0 Å². The molecule has 3 heterocycles. The van der Waals surface area contributed by atoms with Gasteiger partial charge in [0.25, 0.3) is 0 Å². The van der Waals surface area contributed by atoms with E-state index in [1.807, 2.05) is 24.3 Å². The minimum absolute atomic E-state index is 0.0708. The van der Waals surface area contributed by atoms with Gasteiger partial charge in [0.05, 0.1) is 11.6 Å². The lowest BCUT2D eigenvalue weighted by Crippen LogP contribution is -2.30. The van der Waals surface area contributed by atoms with E-state index in [2.05, 4.69) is 40.3 Å². The largest absolute Gasteiger partial charge is 0.457 e. The van der Waals surface area contributed by atoms with Gasteiger partial charge in [-0.05, 0) is 48.5 Å². The van der Waals surface area contributed by atoms with Crippen LogP contribution in [0.15, 0.2) is 65.2 Å². The Morgan fingerprint density at radius 2 is 2.04 bits per heavy atom. The van der Waals surface area contributed by atoms with E-state index in [1.165, 1.54) is 17.2 Å². The lowest BCUT2D eigenvalue weighted by molar-refractivity contribution is 0.282. The molecule has 134 valence electrons. The third kappa shape index (κ3) is 2.80. The molecule has 27 heavy (non-hydrogen) atoms. The molecule has 4 nitrogen and oxygen atoms in total. The molecule has 4 aromatic rings. The highest BCUT2D eigenvalue weighted by Crippen LogP contribution is 2.37. The summed E-state index contributed by atoms with van der Waals surface area (Å²) >= 11 is 0. The van der Waals surface area contributed by atoms with Gasteiger partial charge in [-0.15, -0.1) is 0 Å². The summed E-state index contributed by atoms with van der Waals surface area (Å²) in [6, 6.07) is 17.2. The molecule has 0 fully saturated rings. The topological polar surface area (TPSA) is 42.2 Å². The fourth-order valence-electron chi connectivity index (χ4n) is 3.93. The van der Waals surface area contributed by atoms with Crippen molar-refractivity contribution in [2.75, 3.05) is 13.6 Å². The van der Waals surface area contributed by atoms with Gasteiger partial charge in [-0.3, -0.25) is 0 Å². The number of rotatable bonds is 2. The second-order valence-electron chi connectivity index (χ2n) is 7.08. The molecular weight excluding hydrogens is 341 g/mol. The Balaban J connectivity index is 1.60. The first-order valence-corrected chi connectivity index (χ1v) is 8.96. The van der Waals surface area contributed by atoms with Gasteiger partial charge in [-0.2, -0.15) is 10.2 Å². The normalized spacial score (nSPS) is 17.2. The van der Waals surface area contributed by atoms with Gasteiger partial charge in [-0.1, -0.05) is 24.3 Å². The minimum atomic E-state index is -0.318. The first-order valence-electron chi connectivity index (χ1n) is 8.96. The van der Waals surface area contributed by atoms with Crippen molar-refractivity contribution < 1.29 is 8.81 Å². The van der Waals surface area contributed by atoms with E-state index in [4.69, 9.17) is 4.42 Å². The van der Waals surface area contributed by atoms with Crippen LogP contribution in [0.4, 0.5) is 4.39 Å². The zero-order valence-electron chi connectivity index (χ0n) is 14.9. The van der Waals surface area contributed by atoms with E-state index in [9.17, 15) is 4.39 Å². The van der Waals surface area contributed by atoms with E-state index in [-0.39, 0.29) is 11.7 Å². The highest BCUT2D eigenvalue weighted by atomic mass is 19.1. The number of fused-ring (bicyclic) bond motifs is 2.